The van der Waals surface area contributed by atoms with E-state index in [0.29, 0.717) is 11.4 Å². The summed E-state index contributed by atoms with van der Waals surface area (Å²) in [5.74, 6) is 0.234. The number of anilines is 2. The summed E-state index contributed by atoms with van der Waals surface area (Å²) < 4.78 is 0. The maximum atomic E-state index is 5.46. The molecule has 1 aromatic rings. The number of nitrogens with two attached hydrogens (primary N) is 2. The smallest absolute Gasteiger partial charge is 0.224 e. The predicted octanol–water partition coefficient (Wildman–Crippen LogP) is 0.603. The Kier molecular flexibility index (Phi) is 1.63. The first-order valence-corrected chi connectivity index (χ1v) is 3.04. The van der Waals surface area contributed by atoms with E-state index in [4.69, 9.17) is 23.1 Å². The lowest BCUT2D eigenvalue weighted by atomic mass is 10.4. The Morgan fingerprint density at radius 1 is 1.30 bits per heavy atom. The van der Waals surface area contributed by atoms with E-state index in [1.54, 1.807) is 6.92 Å². The number of nitrogens with zero attached hydrogens (tertiary/aromatic N) is 2. The van der Waals surface area contributed by atoms with Gasteiger partial charge in [-0.05, 0) is 18.5 Å². The molecule has 5 heteroatoms. The molecule has 1 heterocycles. The van der Waals surface area contributed by atoms with Crippen molar-refractivity contribution >= 4 is 23.1 Å². The van der Waals surface area contributed by atoms with Gasteiger partial charge in [-0.2, -0.15) is 4.98 Å². The van der Waals surface area contributed by atoms with Gasteiger partial charge < -0.3 is 11.5 Å². The van der Waals surface area contributed by atoms with E-state index in [-0.39, 0.29) is 11.1 Å². The van der Waals surface area contributed by atoms with Crippen LogP contribution in [-0.4, -0.2) is 9.97 Å². The Balaban J connectivity index is 3.31. The molecule has 1 rings (SSSR count). The van der Waals surface area contributed by atoms with Crippen LogP contribution < -0.4 is 11.5 Å². The number of halogens is 1. The van der Waals surface area contributed by atoms with Gasteiger partial charge in [0.15, 0.2) is 5.82 Å². The van der Waals surface area contributed by atoms with Crippen molar-refractivity contribution in [2.24, 2.45) is 0 Å². The van der Waals surface area contributed by atoms with Crippen molar-refractivity contribution in [1.29, 1.82) is 0 Å². The molecular weight excluding hydrogens is 152 g/mol. The Hall–Kier alpha value is -1.03. The maximum absolute atomic E-state index is 5.46. The molecule has 0 atom stereocenters. The molecule has 0 radical (unpaired) electrons. The Labute approximate surface area is 63.2 Å². The number of hydrogen-bond donors (Lipinski definition) is 2. The zero-order valence-corrected chi connectivity index (χ0v) is 6.18. The fourth-order valence-electron chi connectivity index (χ4n) is 0.569. The lowest BCUT2D eigenvalue weighted by Gasteiger charge is -2.00. The summed E-state index contributed by atoms with van der Waals surface area (Å²) in [4.78, 5) is 7.42. The van der Waals surface area contributed by atoms with Gasteiger partial charge in [0.05, 0.1) is 11.4 Å². The standard InChI is InChI=1S/C5H7ClN4/c1-2-3(7)4(8)10-5(6)9-2/h7H2,1H3,(H2,8,9,10). The highest BCUT2D eigenvalue weighted by Gasteiger charge is 2.02. The van der Waals surface area contributed by atoms with Crippen molar-refractivity contribution in [2.75, 3.05) is 11.5 Å². The van der Waals surface area contributed by atoms with Crippen LogP contribution in [0.15, 0.2) is 0 Å². The van der Waals surface area contributed by atoms with Crippen molar-refractivity contribution in [3.05, 3.63) is 11.0 Å². The Bertz CT molecular complexity index is 237. The second-order valence-corrected chi connectivity index (χ2v) is 2.22. The molecule has 0 unspecified atom stereocenters. The largest absolute Gasteiger partial charge is 0.394 e. The van der Waals surface area contributed by atoms with Gasteiger partial charge in [-0.25, -0.2) is 4.98 Å². The van der Waals surface area contributed by atoms with Gasteiger partial charge in [-0.3, -0.25) is 0 Å². The van der Waals surface area contributed by atoms with E-state index in [2.05, 4.69) is 9.97 Å². The van der Waals surface area contributed by atoms with Gasteiger partial charge in [-0.15, -0.1) is 0 Å². The van der Waals surface area contributed by atoms with Crippen molar-refractivity contribution in [3.63, 3.8) is 0 Å². The molecule has 0 amide bonds. The fourth-order valence-corrected chi connectivity index (χ4v) is 0.786. The first kappa shape index (κ1) is 7.08. The van der Waals surface area contributed by atoms with Gasteiger partial charge >= 0.3 is 0 Å². The van der Waals surface area contributed by atoms with Crippen LogP contribution in [-0.2, 0) is 0 Å². The molecule has 54 valence electrons. The molecule has 10 heavy (non-hydrogen) atoms. The minimum Gasteiger partial charge on any atom is -0.394 e. The summed E-state index contributed by atoms with van der Waals surface area (Å²) in [7, 11) is 0. The quantitative estimate of drug-likeness (QED) is 0.542. The van der Waals surface area contributed by atoms with Crippen molar-refractivity contribution in [3.8, 4) is 0 Å². The van der Waals surface area contributed by atoms with Crippen LogP contribution in [0.25, 0.3) is 0 Å². The Morgan fingerprint density at radius 3 is 2.40 bits per heavy atom. The molecule has 0 aliphatic rings. The summed E-state index contributed by atoms with van der Waals surface area (Å²) in [6.45, 7) is 1.72. The molecule has 0 aliphatic heterocycles. The lowest BCUT2D eigenvalue weighted by Crippen LogP contribution is -2.02. The molecule has 0 aliphatic carbocycles. The third-order valence-electron chi connectivity index (χ3n) is 1.14. The van der Waals surface area contributed by atoms with Gasteiger partial charge in [0.25, 0.3) is 0 Å². The van der Waals surface area contributed by atoms with Crippen LogP contribution in [0.1, 0.15) is 5.69 Å². The second-order valence-electron chi connectivity index (χ2n) is 1.88. The fraction of sp³-hybridized carbons (Fsp3) is 0.200. The SMILES string of the molecule is Cc1nc(Cl)nc(N)c1N. The average molecular weight is 159 g/mol. The van der Waals surface area contributed by atoms with E-state index in [9.17, 15) is 0 Å². The van der Waals surface area contributed by atoms with E-state index in [1.807, 2.05) is 0 Å². The van der Waals surface area contributed by atoms with Crippen molar-refractivity contribution in [2.45, 2.75) is 6.92 Å². The number of aromatic nitrogens is 2. The minimum absolute atomic E-state index is 0.129. The molecule has 0 saturated heterocycles. The monoisotopic (exact) mass is 158 g/mol. The van der Waals surface area contributed by atoms with Crippen LogP contribution in [0.2, 0.25) is 5.28 Å². The van der Waals surface area contributed by atoms with Crippen LogP contribution >= 0.6 is 11.6 Å². The molecule has 0 aromatic carbocycles. The van der Waals surface area contributed by atoms with Gasteiger partial charge in [0, 0.05) is 0 Å². The molecule has 1 aromatic heterocycles. The average Bonchev–Trinajstić information content (AvgIpc) is 1.82. The van der Waals surface area contributed by atoms with E-state index in [0.717, 1.165) is 0 Å². The molecule has 4 N–H and O–H groups in total. The molecule has 0 bridgehead atoms. The molecular formula is C5H7ClN4. The number of hydrogen-bond acceptors (Lipinski definition) is 4. The van der Waals surface area contributed by atoms with Gasteiger partial charge in [0.2, 0.25) is 5.28 Å². The number of rotatable bonds is 0. The third-order valence-corrected chi connectivity index (χ3v) is 1.31. The predicted molar refractivity (Wildman–Crippen MR) is 40.6 cm³/mol. The zero-order valence-electron chi connectivity index (χ0n) is 5.43. The molecule has 0 spiro atoms. The zero-order chi connectivity index (χ0) is 7.72. The van der Waals surface area contributed by atoms with Crippen LogP contribution in [0.4, 0.5) is 11.5 Å². The van der Waals surface area contributed by atoms with Crippen LogP contribution in [0.5, 0.6) is 0 Å². The summed E-state index contributed by atoms with van der Waals surface area (Å²) in [6, 6.07) is 0. The number of aryl methyl sites for hydroxylation is 1. The maximum Gasteiger partial charge on any atom is 0.224 e. The second kappa shape index (κ2) is 2.30. The van der Waals surface area contributed by atoms with Crippen molar-refractivity contribution in [1.82, 2.24) is 9.97 Å². The first-order chi connectivity index (χ1) is 4.61. The summed E-state index contributed by atoms with van der Waals surface area (Å²) >= 11 is 5.46. The van der Waals surface area contributed by atoms with Crippen LogP contribution in [0, 0.1) is 6.92 Å². The van der Waals surface area contributed by atoms with Crippen molar-refractivity contribution < 1.29 is 0 Å². The van der Waals surface area contributed by atoms with Gasteiger partial charge in [-0.1, -0.05) is 0 Å². The van der Waals surface area contributed by atoms with Gasteiger partial charge in [0.1, 0.15) is 0 Å². The first-order valence-electron chi connectivity index (χ1n) is 2.66. The summed E-state index contributed by atoms with van der Waals surface area (Å²) in [6.07, 6.45) is 0. The number of nitrogen functional groups attached to an aromatic ring is 2. The molecule has 0 saturated carbocycles. The molecule has 0 fully saturated rings. The molecule has 4 nitrogen and oxygen atoms in total. The lowest BCUT2D eigenvalue weighted by molar-refractivity contribution is 1.12. The van der Waals surface area contributed by atoms with E-state index >= 15 is 0 Å². The highest BCUT2D eigenvalue weighted by molar-refractivity contribution is 6.28. The summed E-state index contributed by atoms with van der Waals surface area (Å²) in [5.41, 5.74) is 11.8. The Morgan fingerprint density at radius 2 is 1.90 bits per heavy atom. The highest BCUT2D eigenvalue weighted by atomic mass is 35.5. The summed E-state index contributed by atoms with van der Waals surface area (Å²) in [5, 5.41) is 0.129. The topological polar surface area (TPSA) is 77.8 Å². The minimum atomic E-state index is 0.129. The normalized spacial score (nSPS) is 9.80. The van der Waals surface area contributed by atoms with Crippen LogP contribution in [0.3, 0.4) is 0 Å². The highest BCUT2D eigenvalue weighted by Crippen LogP contribution is 2.16. The van der Waals surface area contributed by atoms with E-state index in [1.165, 1.54) is 0 Å². The van der Waals surface area contributed by atoms with E-state index < -0.39 is 0 Å². The third kappa shape index (κ3) is 1.11.